The molecule has 0 aliphatic heterocycles. The SMILES string of the molecule is CO/N=C/c1ccccc1/C=C/Nc1ccc([N+](=O)[O-])cc1[N+](=O)[O-]. The molecule has 0 amide bonds. The number of hydrogen-bond acceptors (Lipinski definition) is 7. The number of rotatable bonds is 7. The molecule has 0 unspecified atom stereocenters. The van der Waals surface area contributed by atoms with Gasteiger partial charge >= 0.3 is 0 Å². The molecule has 2 rings (SSSR count). The van der Waals surface area contributed by atoms with Gasteiger partial charge in [-0.2, -0.15) is 0 Å². The van der Waals surface area contributed by atoms with E-state index in [0.29, 0.717) is 0 Å². The van der Waals surface area contributed by atoms with Crippen LogP contribution in [0.4, 0.5) is 17.1 Å². The quantitative estimate of drug-likeness (QED) is 0.466. The highest BCUT2D eigenvalue weighted by atomic mass is 16.6. The Morgan fingerprint density at radius 3 is 2.44 bits per heavy atom. The predicted molar refractivity (Wildman–Crippen MR) is 93.5 cm³/mol. The van der Waals surface area contributed by atoms with E-state index in [-0.39, 0.29) is 17.1 Å². The summed E-state index contributed by atoms with van der Waals surface area (Å²) in [6.45, 7) is 0. The van der Waals surface area contributed by atoms with E-state index in [1.165, 1.54) is 31.7 Å². The Hall–Kier alpha value is -3.75. The Morgan fingerprint density at radius 1 is 1.08 bits per heavy atom. The van der Waals surface area contributed by atoms with Crippen molar-refractivity contribution in [1.82, 2.24) is 0 Å². The summed E-state index contributed by atoms with van der Waals surface area (Å²) in [5.41, 5.74) is 1.02. The van der Waals surface area contributed by atoms with Gasteiger partial charge in [0, 0.05) is 17.8 Å². The smallest absolute Gasteiger partial charge is 0.299 e. The van der Waals surface area contributed by atoms with Crippen molar-refractivity contribution >= 4 is 29.4 Å². The molecule has 1 N–H and O–H groups in total. The van der Waals surface area contributed by atoms with Crippen molar-refractivity contribution in [2.75, 3.05) is 12.4 Å². The summed E-state index contributed by atoms with van der Waals surface area (Å²) in [5, 5.41) is 28.3. The Morgan fingerprint density at radius 2 is 1.80 bits per heavy atom. The number of nitro groups is 2. The normalized spacial score (nSPS) is 10.9. The van der Waals surface area contributed by atoms with Crippen LogP contribution >= 0.6 is 0 Å². The van der Waals surface area contributed by atoms with Crippen molar-refractivity contribution in [1.29, 1.82) is 0 Å². The van der Waals surface area contributed by atoms with Crippen LogP contribution in [0.5, 0.6) is 0 Å². The summed E-state index contributed by atoms with van der Waals surface area (Å²) in [6, 6.07) is 10.7. The summed E-state index contributed by atoms with van der Waals surface area (Å²) < 4.78 is 0. The van der Waals surface area contributed by atoms with E-state index < -0.39 is 9.85 Å². The number of nitro benzene ring substituents is 2. The number of anilines is 1. The first-order chi connectivity index (χ1) is 12.0. The fraction of sp³-hybridized carbons (Fsp3) is 0.0625. The van der Waals surface area contributed by atoms with Crippen LogP contribution in [0.3, 0.4) is 0 Å². The first kappa shape index (κ1) is 17.6. The Bertz CT molecular complexity index is 848. The topological polar surface area (TPSA) is 120 Å². The zero-order valence-corrected chi connectivity index (χ0v) is 13.2. The van der Waals surface area contributed by atoms with E-state index in [0.717, 1.165) is 17.2 Å². The predicted octanol–water partition coefficient (Wildman–Crippen LogP) is 3.57. The maximum absolute atomic E-state index is 11.1. The second-order valence-electron chi connectivity index (χ2n) is 4.74. The van der Waals surface area contributed by atoms with E-state index in [2.05, 4.69) is 15.3 Å². The molecule has 128 valence electrons. The molecule has 0 saturated heterocycles. The van der Waals surface area contributed by atoms with Gasteiger partial charge < -0.3 is 10.2 Å². The van der Waals surface area contributed by atoms with Gasteiger partial charge in [0.15, 0.2) is 0 Å². The Labute approximate surface area is 142 Å². The number of benzene rings is 2. The lowest BCUT2D eigenvalue weighted by atomic mass is 10.1. The summed E-state index contributed by atoms with van der Waals surface area (Å²) >= 11 is 0. The molecule has 0 aromatic heterocycles. The van der Waals surface area contributed by atoms with E-state index in [4.69, 9.17) is 0 Å². The highest BCUT2D eigenvalue weighted by Gasteiger charge is 2.18. The monoisotopic (exact) mass is 342 g/mol. The highest BCUT2D eigenvalue weighted by Crippen LogP contribution is 2.29. The number of nitrogens with one attached hydrogen (secondary N) is 1. The maximum atomic E-state index is 11.1. The number of non-ortho nitro benzene ring substituents is 1. The third-order valence-corrected chi connectivity index (χ3v) is 3.18. The zero-order valence-electron chi connectivity index (χ0n) is 13.2. The first-order valence-electron chi connectivity index (χ1n) is 7.04. The molecule has 9 heteroatoms. The van der Waals surface area contributed by atoms with Crippen LogP contribution in [0.1, 0.15) is 11.1 Å². The summed E-state index contributed by atoms with van der Waals surface area (Å²) in [4.78, 5) is 25.1. The largest absolute Gasteiger partial charge is 0.399 e. The van der Waals surface area contributed by atoms with Crippen molar-refractivity contribution in [2.24, 2.45) is 5.16 Å². The first-order valence-corrected chi connectivity index (χ1v) is 7.04. The van der Waals surface area contributed by atoms with Gasteiger partial charge in [-0.3, -0.25) is 20.2 Å². The fourth-order valence-corrected chi connectivity index (χ4v) is 2.02. The average Bonchev–Trinajstić information content (AvgIpc) is 2.60. The summed E-state index contributed by atoms with van der Waals surface area (Å²) in [5.74, 6) is 0. The maximum Gasteiger partial charge on any atom is 0.299 e. The van der Waals surface area contributed by atoms with Gasteiger partial charge in [0.05, 0.1) is 22.1 Å². The van der Waals surface area contributed by atoms with Gasteiger partial charge in [-0.1, -0.05) is 29.4 Å². The van der Waals surface area contributed by atoms with Crippen LogP contribution in [0, 0.1) is 20.2 Å². The van der Waals surface area contributed by atoms with Crippen molar-refractivity contribution in [2.45, 2.75) is 0 Å². The number of nitrogens with zero attached hydrogens (tertiary/aromatic N) is 3. The van der Waals surface area contributed by atoms with Crippen molar-refractivity contribution in [3.63, 3.8) is 0 Å². The second-order valence-corrected chi connectivity index (χ2v) is 4.74. The number of oxime groups is 1. The highest BCUT2D eigenvalue weighted by molar-refractivity contribution is 5.85. The minimum Gasteiger partial charge on any atom is -0.399 e. The van der Waals surface area contributed by atoms with Gasteiger partial charge in [-0.25, -0.2) is 0 Å². The third kappa shape index (κ3) is 4.61. The van der Waals surface area contributed by atoms with E-state index in [9.17, 15) is 20.2 Å². The molecule has 0 bridgehead atoms. The van der Waals surface area contributed by atoms with E-state index in [1.807, 2.05) is 24.3 Å². The van der Waals surface area contributed by atoms with Crippen molar-refractivity contribution < 1.29 is 14.7 Å². The molecule has 0 atom stereocenters. The lowest BCUT2D eigenvalue weighted by Gasteiger charge is -2.03. The lowest BCUT2D eigenvalue weighted by molar-refractivity contribution is -0.393. The molecular weight excluding hydrogens is 328 g/mol. The van der Waals surface area contributed by atoms with Crippen LogP contribution in [0.25, 0.3) is 6.08 Å². The second kappa shape index (κ2) is 8.20. The summed E-state index contributed by atoms with van der Waals surface area (Å²) in [6.07, 6.45) is 4.74. The lowest BCUT2D eigenvalue weighted by Crippen LogP contribution is -1.98. The average molecular weight is 342 g/mol. The minimum atomic E-state index is -0.683. The van der Waals surface area contributed by atoms with Crippen molar-refractivity contribution in [3.8, 4) is 0 Å². The molecule has 0 spiro atoms. The molecule has 0 aliphatic carbocycles. The van der Waals surface area contributed by atoms with Gasteiger partial charge in [-0.15, -0.1) is 0 Å². The Kier molecular flexibility index (Phi) is 5.77. The minimum absolute atomic E-state index is 0.148. The molecular formula is C16H14N4O5. The van der Waals surface area contributed by atoms with Gasteiger partial charge in [-0.05, 0) is 17.7 Å². The summed E-state index contributed by atoms with van der Waals surface area (Å²) in [7, 11) is 1.43. The molecule has 0 radical (unpaired) electrons. The van der Waals surface area contributed by atoms with E-state index >= 15 is 0 Å². The standard InChI is InChI=1S/C16H14N4O5/c1-25-18-11-13-5-3-2-4-12(13)8-9-17-15-7-6-14(19(21)22)10-16(15)20(23)24/h2-11,17H,1H3/b9-8+,18-11+. The van der Waals surface area contributed by atoms with Crippen LogP contribution < -0.4 is 5.32 Å². The van der Waals surface area contributed by atoms with Crippen LogP contribution in [-0.2, 0) is 4.84 Å². The van der Waals surface area contributed by atoms with Gasteiger partial charge in [0.1, 0.15) is 12.8 Å². The van der Waals surface area contributed by atoms with Gasteiger partial charge in [0.2, 0.25) is 0 Å². The molecule has 2 aromatic carbocycles. The molecule has 25 heavy (non-hydrogen) atoms. The molecule has 9 nitrogen and oxygen atoms in total. The molecule has 0 saturated carbocycles. The van der Waals surface area contributed by atoms with Gasteiger partial charge in [0.25, 0.3) is 11.4 Å². The number of hydrogen-bond donors (Lipinski definition) is 1. The molecule has 0 aliphatic rings. The van der Waals surface area contributed by atoms with Crippen LogP contribution in [-0.4, -0.2) is 23.2 Å². The van der Waals surface area contributed by atoms with Crippen LogP contribution in [0.15, 0.2) is 53.8 Å². The third-order valence-electron chi connectivity index (χ3n) is 3.18. The fourth-order valence-electron chi connectivity index (χ4n) is 2.02. The zero-order chi connectivity index (χ0) is 18.2. The molecule has 0 heterocycles. The molecule has 0 fully saturated rings. The van der Waals surface area contributed by atoms with Crippen molar-refractivity contribution in [3.05, 3.63) is 80.0 Å². The Balaban J connectivity index is 2.24. The van der Waals surface area contributed by atoms with Crippen LogP contribution in [0.2, 0.25) is 0 Å². The van der Waals surface area contributed by atoms with E-state index in [1.54, 1.807) is 6.08 Å². The molecule has 2 aromatic rings.